The van der Waals surface area contributed by atoms with Gasteiger partial charge >= 0.3 is 0 Å². The number of azo groups is 1. The number of fused-ring (bicyclic) bond motifs is 1. The molecule has 4 rings (SSSR count). The maximum atomic E-state index is 12.2. The van der Waals surface area contributed by atoms with E-state index in [1.807, 2.05) is 0 Å². The van der Waals surface area contributed by atoms with E-state index >= 15 is 0 Å². The Morgan fingerprint density at radius 2 is 2.11 bits per heavy atom. The van der Waals surface area contributed by atoms with Gasteiger partial charge in [0.25, 0.3) is 11.5 Å². The number of nitrogen functional groups attached to an aromatic ring is 1. The summed E-state index contributed by atoms with van der Waals surface area (Å²) in [5.74, 6) is 0.832. The summed E-state index contributed by atoms with van der Waals surface area (Å²) in [5.41, 5.74) is 6.15. The molecule has 4 N–H and O–H groups in total. The smallest absolute Gasteiger partial charge is 0.280 e. The molecule has 0 bridgehead atoms. The lowest BCUT2D eigenvalue weighted by Gasteiger charge is -2.15. The van der Waals surface area contributed by atoms with Crippen LogP contribution in [0, 0.1) is 0 Å². The van der Waals surface area contributed by atoms with Crippen LogP contribution in [-0.2, 0) is 4.74 Å². The number of aromatic amines is 1. The fraction of sp³-hybridized carbons (Fsp3) is 0.353. The van der Waals surface area contributed by atoms with Crippen molar-refractivity contribution in [1.29, 1.82) is 0 Å². The van der Waals surface area contributed by atoms with Crippen LogP contribution in [-0.4, -0.2) is 44.4 Å². The van der Waals surface area contributed by atoms with Gasteiger partial charge in [0.05, 0.1) is 25.5 Å². The average Bonchev–Trinajstić information content (AvgIpc) is 3.31. The highest BCUT2D eigenvalue weighted by atomic mass is 16.5. The molecule has 0 aliphatic carbocycles. The Balaban J connectivity index is 1.78. The number of imidazole rings is 1. The van der Waals surface area contributed by atoms with Gasteiger partial charge in [0, 0.05) is 0 Å². The van der Waals surface area contributed by atoms with Crippen molar-refractivity contribution in [3.8, 4) is 5.75 Å². The van der Waals surface area contributed by atoms with Gasteiger partial charge in [-0.2, -0.15) is 4.98 Å². The van der Waals surface area contributed by atoms with Crippen molar-refractivity contribution in [2.24, 2.45) is 10.2 Å². The number of aliphatic hydroxyl groups excluding tert-OH is 1. The summed E-state index contributed by atoms with van der Waals surface area (Å²) in [4.78, 5) is 23.1. The number of H-pyrrole nitrogens is 1. The largest absolute Gasteiger partial charge is 0.497 e. The minimum atomic E-state index is -0.485. The standard InChI is InChI=1S/C17H19N7O4/c1-27-10-4-2-9(3-5-10)22-23-17-19-13-14(20-16(18)21-15(13)26)24(17)12-7-6-11(8-25)28-12/h2-5,11-12,25H,6-8H2,1H3,(H3,18,20,21,26). The Morgan fingerprint density at radius 1 is 1.32 bits per heavy atom. The van der Waals surface area contributed by atoms with Crippen LogP contribution in [0.25, 0.3) is 11.2 Å². The van der Waals surface area contributed by atoms with E-state index in [-0.39, 0.29) is 35.8 Å². The summed E-state index contributed by atoms with van der Waals surface area (Å²) in [6, 6.07) is 7.00. The predicted octanol–water partition coefficient (Wildman–Crippen LogP) is 1.80. The second-order valence-corrected chi connectivity index (χ2v) is 6.28. The number of ether oxygens (including phenoxy) is 2. The number of nitrogens with zero attached hydrogens (tertiary/aromatic N) is 5. The molecule has 1 fully saturated rings. The summed E-state index contributed by atoms with van der Waals surface area (Å²) in [5, 5.41) is 17.7. The van der Waals surface area contributed by atoms with E-state index < -0.39 is 11.8 Å². The first kappa shape index (κ1) is 18.1. The van der Waals surface area contributed by atoms with E-state index in [0.717, 1.165) is 0 Å². The molecule has 0 amide bonds. The highest BCUT2D eigenvalue weighted by molar-refractivity contribution is 5.74. The van der Waals surface area contributed by atoms with Gasteiger partial charge in [-0.3, -0.25) is 14.3 Å². The van der Waals surface area contributed by atoms with Crippen LogP contribution >= 0.6 is 0 Å². The minimum absolute atomic E-state index is 0.0333. The first-order valence-electron chi connectivity index (χ1n) is 8.69. The Kier molecular flexibility index (Phi) is 4.75. The Labute approximate surface area is 158 Å². The molecule has 11 heteroatoms. The predicted molar refractivity (Wildman–Crippen MR) is 100.0 cm³/mol. The Morgan fingerprint density at radius 3 is 2.79 bits per heavy atom. The van der Waals surface area contributed by atoms with Gasteiger partial charge in [0.1, 0.15) is 12.0 Å². The van der Waals surface area contributed by atoms with E-state index in [1.165, 1.54) is 0 Å². The van der Waals surface area contributed by atoms with E-state index in [9.17, 15) is 9.90 Å². The molecule has 11 nitrogen and oxygen atoms in total. The molecule has 1 aliphatic rings. The van der Waals surface area contributed by atoms with Crippen molar-refractivity contribution < 1.29 is 14.6 Å². The number of methoxy groups -OCH3 is 1. The molecule has 2 unspecified atom stereocenters. The van der Waals surface area contributed by atoms with Crippen molar-refractivity contribution >= 4 is 28.7 Å². The lowest BCUT2D eigenvalue weighted by Crippen LogP contribution is -2.16. The number of aromatic nitrogens is 4. The number of aliphatic hydroxyl groups is 1. The van der Waals surface area contributed by atoms with Crippen molar-refractivity contribution in [2.45, 2.75) is 25.2 Å². The minimum Gasteiger partial charge on any atom is -0.497 e. The van der Waals surface area contributed by atoms with E-state index in [4.69, 9.17) is 15.2 Å². The van der Waals surface area contributed by atoms with Gasteiger partial charge in [0.15, 0.2) is 11.2 Å². The van der Waals surface area contributed by atoms with Crippen molar-refractivity contribution in [1.82, 2.24) is 19.5 Å². The maximum absolute atomic E-state index is 12.2. The normalized spacial score (nSPS) is 19.6. The second-order valence-electron chi connectivity index (χ2n) is 6.28. The molecule has 0 saturated carbocycles. The molecule has 28 heavy (non-hydrogen) atoms. The average molecular weight is 385 g/mol. The molecule has 2 atom stereocenters. The molecular formula is C17H19N7O4. The summed E-state index contributed by atoms with van der Waals surface area (Å²) >= 11 is 0. The monoisotopic (exact) mass is 385 g/mol. The van der Waals surface area contributed by atoms with Gasteiger partial charge in [0.2, 0.25) is 5.95 Å². The Bertz CT molecular complexity index is 1070. The van der Waals surface area contributed by atoms with Crippen LogP contribution in [0.15, 0.2) is 39.3 Å². The number of nitrogens with one attached hydrogen (secondary N) is 1. The summed E-state index contributed by atoms with van der Waals surface area (Å²) in [6.07, 6.45) is 0.485. The number of rotatable bonds is 5. The Hall–Kier alpha value is -3.31. The van der Waals surface area contributed by atoms with Crippen LogP contribution < -0.4 is 16.0 Å². The molecule has 1 saturated heterocycles. The molecule has 0 radical (unpaired) electrons. The highest BCUT2D eigenvalue weighted by Gasteiger charge is 2.30. The third-order valence-electron chi connectivity index (χ3n) is 4.45. The van der Waals surface area contributed by atoms with Gasteiger partial charge in [-0.05, 0) is 37.1 Å². The maximum Gasteiger partial charge on any atom is 0.280 e. The van der Waals surface area contributed by atoms with Crippen LogP contribution in [0.4, 0.5) is 17.6 Å². The summed E-state index contributed by atoms with van der Waals surface area (Å²) in [7, 11) is 1.58. The zero-order chi connectivity index (χ0) is 19.7. The first-order valence-corrected chi connectivity index (χ1v) is 8.69. The third kappa shape index (κ3) is 3.32. The van der Waals surface area contributed by atoms with Crippen LogP contribution in [0.2, 0.25) is 0 Å². The van der Waals surface area contributed by atoms with Crippen LogP contribution in [0.3, 0.4) is 0 Å². The lowest BCUT2D eigenvalue weighted by molar-refractivity contribution is -0.0199. The van der Waals surface area contributed by atoms with Gasteiger partial charge in [-0.1, -0.05) is 0 Å². The number of anilines is 1. The molecule has 3 heterocycles. The van der Waals surface area contributed by atoms with Gasteiger partial charge in [-0.25, -0.2) is 4.98 Å². The number of benzene rings is 1. The summed E-state index contributed by atoms with van der Waals surface area (Å²) < 4.78 is 12.5. The topological polar surface area (TPSA) is 153 Å². The molecule has 146 valence electrons. The summed E-state index contributed by atoms with van der Waals surface area (Å²) in [6.45, 7) is -0.0953. The zero-order valence-corrected chi connectivity index (χ0v) is 15.1. The molecule has 3 aromatic rings. The van der Waals surface area contributed by atoms with Crippen LogP contribution in [0.1, 0.15) is 19.1 Å². The third-order valence-corrected chi connectivity index (χ3v) is 4.45. The zero-order valence-electron chi connectivity index (χ0n) is 15.1. The van der Waals surface area contributed by atoms with E-state index in [0.29, 0.717) is 24.3 Å². The number of hydrogen-bond donors (Lipinski definition) is 3. The number of hydrogen-bond acceptors (Lipinski definition) is 9. The molecule has 1 aromatic carbocycles. The van der Waals surface area contributed by atoms with E-state index in [2.05, 4.69) is 25.2 Å². The molecule has 0 spiro atoms. The van der Waals surface area contributed by atoms with Gasteiger partial charge < -0.3 is 20.3 Å². The van der Waals surface area contributed by atoms with Crippen molar-refractivity contribution in [2.75, 3.05) is 19.5 Å². The van der Waals surface area contributed by atoms with Gasteiger partial charge in [-0.15, -0.1) is 10.2 Å². The fourth-order valence-electron chi connectivity index (χ4n) is 3.09. The fourth-order valence-corrected chi connectivity index (χ4v) is 3.09. The number of nitrogens with two attached hydrogens (primary N) is 1. The van der Waals surface area contributed by atoms with Crippen LogP contribution in [0.5, 0.6) is 5.75 Å². The lowest BCUT2D eigenvalue weighted by atomic mass is 10.2. The van der Waals surface area contributed by atoms with E-state index in [1.54, 1.807) is 35.9 Å². The molecule has 1 aliphatic heterocycles. The first-order chi connectivity index (χ1) is 13.6. The highest BCUT2D eigenvalue weighted by Crippen LogP contribution is 2.34. The molecule has 2 aromatic heterocycles. The van der Waals surface area contributed by atoms with Crippen molar-refractivity contribution in [3.63, 3.8) is 0 Å². The molecular weight excluding hydrogens is 366 g/mol. The second kappa shape index (κ2) is 7.37. The SMILES string of the molecule is COc1ccc(N=Nc2nc3c(=O)[nH]c(N)nc3n2C2CCC(CO)O2)cc1. The quantitative estimate of drug-likeness (QED) is 0.566. The van der Waals surface area contributed by atoms with Crippen molar-refractivity contribution in [3.05, 3.63) is 34.6 Å².